The van der Waals surface area contributed by atoms with Crippen molar-refractivity contribution in [2.45, 2.75) is 52.2 Å². The average molecular weight is 241 g/mol. The quantitative estimate of drug-likeness (QED) is 0.791. The van der Waals surface area contributed by atoms with Crippen LogP contribution >= 0.6 is 0 Å². The molecule has 0 bridgehead atoms. The van der Waals surface area contributed by atoms with Crippen LogP contribution in [0.1, 0.15) is 51.4 Å². The van der Waals surface area contributed by atoms with Gasteiger partial charge in [-0.1, -0.05) is 32.3 Å². The number of nitrogens with two attached hydrogens (primary N) is 1. The van der Waals surface area contributed by atoms with Gasteiger partial charge >= 0.3 is 0 Å². The summed E-state index contributed by atoms with van der Waals surface area (Å²) in [7, 11) is 1.66. The van der Waals surface area contributed by atoms with E-state index in [0.717, 1.165) is 12.8 Å². The molecule has 2 unspecified atom stereocenters. The Kier molecular flexibility index (Phi) is 5.58. The molecule has 1 aromatic heterocycles. The molecule has 0 saturated heterocycles. The van der Waals surface area contributed by atoms with Crippen LogP contribution in [0, 0.1) is 5.92 Å². The van der Waals surface area contributed by atoms with E-state index in [1.165, 1.54) is 0 Å². The van der Waals surface area contributed by atoms with E-state index < -0.39 is 0 Å². The third-order valence-corrected chi connectivity index (χ3v) is 2.87. The lowest BCUT2D eigenvalue weighted by atomic mass is 10.0. The van der Waals surface area contributed by atoms with E-state index >= 15 is 0 Å². The van der Waals surface area contributed by atoms with E-state index in [-0.39, 0.29) is 12.1 Å². The molecule has 0 radical (unpaired) electrons. The number of hydrogen-bond acceptors (Lipinski definition) is 5. The second kappa shape index (κ2) is 6.71. The maximum atomic E-state index is 5.97. The van der Waals surface area contributed by atoms with Gasteiger partial charge in [0, 0.05) is 19.6 Å². The number of nitrogens with zero attached hydrogens (tertiary/aromatic N) is 2. The number of aromatic nitrogens is 2. The van der Waals surface area contributed by atoms with Crippen LogP contribution in [0.4, 0.5) is 0 Å². The van der Waals surface area contributed by atoms with Crippen molar-refractivity contribution in [2.24, 2.45) is 11.7 Å². The average Bonchev–Trinajstić information content (AvgIpc) is 2.74. The molecule has 0 fully saturated rings. The first kappa shape index (κ1) is 14.1. The molecule has 2 atom stereocenters. The Bertz CT molecular complexity index is 325. The molecule has 2 N–H and O–H groups in total. The number of methoxy groups -OCH3 is 1. The smallest absolute Gasteiger partial charge is 0.228 e. The molecule has 1 aromatic rings. The maximum Gasteiger partial charge on any atom is 0.228 e. The zero-order chi connectivity index (χ0) is 12.8. The molecule has 0 aromatic carbocycles. The minimum atomic E-state index is -0.0761. The molecule has 0 aliphatic heterocycles. The first-order chi connectivity index (χ1) is 8.08. The van der Waals surface area contributed by atoms with Crippen LogP contribution in [0.25, 0.3) is 0 Å². The Morgan fingerprint density at radius 2 is 2.12 bits per heavy atom. The van der Waals surface area contributed by atoms with Crippen molar-refractivity contribution in [3.8, 4) is 0 Å². The van der Waals surface area contributed by atoms with Gasteiger partial charge in [-0.25, -0.2) is 0 Å². The third kappa shape index (κ3) is 4.09. The van der Waals surface area contributed by atoms with Gasteiger partial charge in [0.1, 0.15) is 6.10 Å². The molecule has 98 valence electrons. The summed E-state index contributed by atoms with van der Waals surface area (Å²) in [5.41, 5.74) is 5.97. The number of hydrogen-bond donors (Lipinski definition) is 1. The molecule has 0 spiro atoms. The fourth-order valence-electron chi connectivity index (χ4n) is 1.53. The molecule has 0 aliphatic carbocycles. The van der Waals surface area contributed by atoms with Crippen LogP contribution in [0.15, 0.2) is 4.52 Å². The summed E-state index contributed by atoms with van der Waals surface area (Å²) in [6.07, 6.45) is 2.46. The highest BCUT2D eigenvalue weighted by atomic mass is 16.5. The fraction of sp³-hybridized carbons (Fsp3) is 0.833. The van der Waals surface area contributed by atoms with Crippen LogP contribution in [-0.2, 0) is 11.2 Å². The van der Waals surface area contributed by atoms with E-state index in [4.69, 9.17) is 15.0 Å². The zero-order valence-corrected chi connectivity index (χ0v) is 11.1. The summed E-state index contributed by atoms with van der Waals surface area (Å²) in [6.45, 7) is 6.26. The Morgan fingerprint density at radius 1 is 1.41 bits per heavy atom. The first-order valence-corrected chi connectivity index (χ1v) is 6.19. The predicted molar refractivity (Wildman–Crippen MR) is 65.5 cm³/mol. The Hall–Kier alpha value is -0.940. The summed E-state index contributed by atoms with van der Waals surface area (Å²) < 4.78 is 10.5. The van der Waals surface area contributed by atoms with Crippen molar-refractivity contribution in [1.82, 2.24) is 10.1 Å². The van der Waals surface area contributed by atoms with Gasteiger partial charge in [-0.05, 0) is 12.3 Å². The Morgan fingerprint density at radius 3 is 2.65 bits per heavy atom. The molecular formula is C12H23N3O2. The minimum absolute atomic E-state index is 0.0514. The van der Waals surface area contributed by atoms with Crippen LogP contribution in [0.5, 0.6) is 0 Å². The Balaban J connectivity index is 2.63. The fourth-order valence-corrected chi connectivity index (χ4v) is 1.53. The third-order valence-electron chi connectivity index (χ3n) is 2.87. The maximum absolute atomic E-state index is 5.97. The largest absolute Gasteiger partial charge is 0.373 e. The van der Waals surface area contributed by atoms with E-state index in [1.54, 1.807) is 7.11 Å². The van der Waals surface area contributed by atoms with Gasteiger partial charge in [0.15, 0.2) is 0 Å². The zero-order valence-electron chi connectivity index (χ0n) is 11.1. The van der Waals surface area contributed by atoms with Gasteiger partial charge in [-0.2, -0.15) is 4.98 Å². The number of ether oxygens (including phenoxy) is 1. The van der Waals surface area contributed by atoms with E-state index in [9.17, 15) is 0 Å². The topological polar surface area (TPSA) is 74.2 Å². The molecule has 1 heterocycles. The van der Waals surface area contributed by atoms with Gasteiger partial charge in [-0.15, -0.1) is 0 Å². The monoisotopic (exact) mass is 241 g/mol. The highest BCUT2D eigenvalue weighted by Crippen LogP contribution is 2.19. The number of rotatable bonds is 7. The van der Waals surface area contributed by atoms with Gasteiger partial charge < -0.3 is 15.0 Å². The van der Waals surface area contributed by atoms with Gasteiger partial charge in [0.05, 0.1) is 0 Å². The van der Waals surface area contributed by atoms with Gasteiger partial charge in [0.25, 0.3) is 0 Å². The van der Waals surface area contributed by atoms with E-state index in [0.29, 0.717) is 24.1 Å². The van der Waals surface area contributed by atoms with Crippen LogP contribution < -0.4 is 5.73 Å². The SMILES string of the molecule is CCCC(OC)c1noc(CC(N)C(C)C)n1. The molecular weight excluding hydrogens is 218 g/mol. The van der Waals surface area contributed by atoms with Crippen molar-refractivity contribution in [2.75, 3.05) is 7.11 Å². The molecule has 5 heteroatoms. The highest BCUT2D eigenvalue weighted by molar-refractivity contribution is 4.93. The van der Waals surface area contributed by atoms with E-state index in [2.05, 4.69) is 30.9 Å². The van der Waals surface area contributed by atoms with Crippen LogP contribution in [0.2, 0.25) is 0 Å². The van der Waals surface area contributed by atoms with E-state index in [1.807, 2.05) is 0 Å². The molecule has 0 aliphatic rings. The second-order valence-corrected chi connectivity index (χ2v) is 4.67. The molecule has 0 amide bonds. The van der Waals surface area contributed by atoms with Gasteiger partial charge in [0.2, 0.25) is 11.7 Å². The van der Waals surface area contributed by atoms with Crippen molar-refractivity contribution in [1.29, 1.82) is 0 Å². The second-order valence-electron chi connectivity index (χ2n) is 4.67. The lowest BCUT2D eigenvalue weighted by Gasteiger charge is -2.12. The van der Waals surface area contributed by atoms with Crippen LogP contribution in [0.3, 0.4) is 0 Å². The minimum Gasteiger partial charge on any atom is -0.373 e. The molecule has 5 nitrogen and oxygen atoms in total. The van der Waals surface area contributed by atoms with Crippen molar-refractivity contribution >= 4 is 0 Å². The highest BCUT2D eigenvalue weighted by Gasteiger charge is 2.19. The summed E-state index contributed by atoms with van der Waals surface area (Å²) in [6, 6.07) is 0.0514. The van der Waals surface area contributed by atoms with Crippen LogP contribution in [-0.4, -0.2) is 23.3 Å². The molecule has 1 rings (SSSR count). The lowest BCUT2D eigenvalue weighted by molar-refractivity contribution is 0.0854. The molecule has 0 saturated carbocycles. The predicted octanol–water partition coefficient (Wildman–Crippen LogP) is 2.08. The summed E-state index contributed by atoms with van der Waals surface area (Å²) in [5.74, 6) is 1.62. The summed E-state index contributed by atoms with van der Waals surface area (Å²) >= 11 is 0. The van der Waals surface area contributed by atoms with Crippen molar-refractivity contribution < 1.29 is 9.26 Å². The summed E-state index contributed by atoms with van der Waals surface area (Å²) in [5, 5.41) is 3.95. The summed E-state index contributed by atoms with van der Waals surface area (Å²) in [4.78, 5) is 4.34. The van der Waals surface area contributed by atoms with Crippen molar-refractivity contribution in [3.05, 3.63) is 11.7 Å². The first-order valence-electron chi connectivity index (χ1n) is 6.19. The normalized spacial score (nSPS) is 15.2. The lowest BCUT2D eigenvalue weighted by Crippen LogP contribution is -2.28. The van der Waals surface area contributed by atoms with Crippen molar-refractivity contribution in [3.63, 3.8) is 0 Å². The standard InChI is InChI=1S/C12H23N3O2/c1-5-6-10(16-4)12-14-11(17-15-12)7-9(13)8(2)3/h8-10H,5-7,13H2,1-4H3. The Labute approximate surface area is 103 Å². The van der Waals surface area contributed by atoms with Gasteiger partial charge in [-0.3, -0.25) is 0 Å². The molecule has 17 heavy (non-hydrogen) atoms.